The summed E-state index contributed by atoms with van der Waals surface area (Å²) in [5.41, 5.74) is -2.41. The van der Waals surface area contributed by atoms with E-state index in [2.05, 4.69) is 0 Å². The monoisotopic (exact) mass is 332 g/mol. The third-order valence-electron chi connectivity index (χ3n) is 4.36. The normalized spacial score (nSPS) is 14.5. The molecule has 0 aliphatic rings. The number of aromatic nitrogens is 2. The summed E-state index contributed by atoms with van der Waals surface area (Å²) < 4.78 is 1.84. The van der Waals surface area contributed by atoms with Gasteiger partial charge in [-0.3, -0.25) is 28.3 Å². The number of nitrogens with zero attached hydrogens (tertiary/aromatic N) is 2. The summed E-state index contributed by atoms with van der Waals surface area (Å²) in [4.78, 5) is 49.6. The van der Waals surface area contributed by atoms with Crippen LogP contribution in [0.5, 0.6) is 0 Å². The van der Waals surface area contributed by atoms with Crippen molar-refractivity contribution in [1.82, 2.24) is 9.13 Å². The Kier molecular flexibility index (Phi) is 3.73. The van der Waals surface area contributed by atoms with E-state index in [0.29, 0.717) is 0 Å². The van der Waals surface area contributed by atoms with Gasteiger partial charge in [0.25, 0.3) is 22.2 Å². The molecule has 0 fully saturated rings. The molecule has 0 aliphatic carbocycles. The smallest absolute Gasteiger partial charge is 0.261 e. The second kappa shape index (κ2) is 5.50. The lowest BCUT2D eigenvalue weighted by molar-refractivity contribution is 0.235. The largest absolute Gasteiger partial charge is 0.394 e. The lowest BCUT2D eigenvalue weighted by Gasteiger charge is -2.06. The van der Waals surface area contributed by atoms with Crippen LogP contribution in [-0.4, -0.2) is 32.6 Å². The van der Waals surface area contributed by atoms with E-state index in [1.807, 2.05) is 0 Å². The van der Waals surface area contributed by atoms with E-state index < -0.39 is 34.3 Å². The standard InChI is InChI=1S/C16H16N2O6/c1-7(5-19)17-13(21)9-3-11-12(4-10(9)14(17)22)16(24)18(15(11)23)8(2)6-20/h3-4,7-8,19-20H,5-6H2,1-2H3/t7-,8-/m0/s1. The molecule has 0 radical (unpaired) electrons. The summed E-state index contributed by atoms with van der Waals surface area (Å²) >= 11 is 0. The van der Waals surface area contributed by atoms with Gasteiger partial charge in [0.15, 0.2) is 0 Å². The van der Waals surface area contributed by atoms with Gasteiger partial charge in [-0.15, -0.1) is 0 Å². The Hall–Kier alpha value is -2.58. The van der Waals surface area contributed by atoms with Gasteiger partial charge in [0.05, 0.1) is 46.8 Å². The van der Waals surface area contributed by atoms with Crippen molar-refractivity contribution in [2.75, 3.05) is 13.2 Å². The molecule has 8 heteroatoms. The first-order chi connectivity index (χ1) is 11.3. The number of hydrogen-bond acceptors (Lipinski definition) is 6. The second-order valence-corrected chi connectivity index (χ2v) is 5.97. The van der Waals surface area contributed by atoms with Gasteiger partial charge in [0, 0.05) is 0 Å². The van der Waals surface area contributed by atoms with Crippen molar-refractivity contribution in [3.63, 3.8) is 0 Å². The van der Waals surface area contributed by atoms with E-state index >= 15 is 0 Å². The van der Waals surface area contributed by atoms with Crippen LogP contribution in [-0.2, 0) is 0 Å². The zero-order valence-electron chi connectivity index (χ0n) is 13.1. The fourth-order valence-corrected chi connectivity index (χ4v) is 2.97. The van der Waals surface area contributed by atoms with Crippen molar-refractivity contribution in [2.45, 2.75) is 25.9 Å². The molecule has 0 unspecified atom stereocenters. The van der Waals surface area contributed by atoms with Crippen LogP contribution in [0.25, 0.3) is 21.5 Å². The van der Waals surface area contributed by atoms with Crippen LogP contribution in [0.4, 0.5) is 0 Å². The molecule has 0 amide bonds. The van der Waals surface area contributed by atoms with E-state index in [0.717, 1.165) is 9.13 Å². The summed E-state index contributed by atoms with van der Waals surface area (Å²) in [7, 11) is 0. The predicted octanol–water partition coefficient (Wildman–Crippen LogP) is -0.981. The fraction of sp³-hybridized carbons (Fsp3) is 0.375. The summed E-state index contributed by atoms with van der Waals surface area (Å²) in [6.07, 6.45) is 0. The van der Waals surface area contributed by atoms with Crippen LogP contribution >= 0.6 is 0 Å². The molecule has 1 aromatic carbocycles. The molecule has 0 bridgehead atoms. The summed E-state index contributed by atoms with van der Waals surface area (Å²) in [5.74, 6) is 0. The molecule has 2 heterocycles. The van der Waals surface area contributed by atoms with Crippen molar-refractivity contribution >= 4 is 21.5 Å². The Morgan fingerprint density at radius 1 is 0.708 bits per heavy atom. The number of fused-ring (bicyclic) bond motifs is 2. The van der Waals surface area contributed by atoms with E-state index in [4.69, 9.17) is 0 Å². The first kappa shape index (κ1) is 16.3. The lowest BCUT2D eigenvalue weighted by Crippen LogP contribution is -2.30. The van der Waals surface area contributed by atoms with Crippen LogP contribution in [0.2, 0.25) is 0 Å². The number of benzene rings is 1. The maximum atomic E-state index is 12.4. The van der Waals surface area contributed by atoms with E-state index in [1.54, 1.807) is 0 Å². The molecule has 0 spiro atoms. The maximum Gasteiger partial charge on any atom is 0.261 e. The van der Waals surface area contributed by atoms with E-state index in [-0.39, 0.29) is 34.8 Å². The van der Waals surface area contributed by atoms with Gasteiger partial charge in [-0.2, -0.15) is 0 Å². The first-order valence-corrected chi connectivity index (χ1v) is 7.49. The Balaban J connectivity index is 2.48. The van der Waals surface area contributed by atoms with Crippen LogP contribution in [0.3, 0.4) is 0 Å². The molecule has 3 aromatic rings. The first-order valence-electron chi connectivity index (χ1n) is 7.49. The lowest BCUT2D eigenvalue weighted by atomic mass is 10.1. The fourth-order valence-electron chi connectivity index (χ4n) is 2.97. The third kappa shape index (κ3) is 2.00. The maximum absolute atomic E-state index is 12.4. The van der Waals surface area contributed by atoms with Crippen LogP contribution in [0, 0.1) is 0 Å². The highest BCUT2D eigenvalue weighted by Gasteiger charge is 2.22. The highest BCUT2D eigenvalue weighted by Crippen LogP contribution is 2.16. The van der Waals surface area contributed by atoms with Crippen LogP contribution in [0.1, 0.15) is 25.9 Å². The van der Waals surface area contributed by atoms with E-state index in [9.17, 15) is 29.4 Å². The number of rotatable bonds is 4. The molecule has 2 aromatic heterocycles. The van der Waals surface area contributed by atoms with Crippen LogP contribution in [0.15, 0.2) is 31.3 Å². The zero-order valence-corrected chi connectivity index (χ0v) is 13.1. The SMILES string of the molecule is C[C@@H](CO)n1c(=O)c2cc3c(=O)n([C@@H](C)CO)c(=O)c3cc2c1=O. The molecule has 0 saturated carbocycles. The minimum absolute atomic E-state index is 0.0405. The summed E-state index contributed by atoms with van der Waals surface area (Å²) in [5, 5.41) is 18.6. The molecule has 0 saturated heterocycles. The van der Waals surface area contributed by atoms with Crippen molar-refractivity contribution < 1.29 is 10.2 Å². The molecule has 0 aliphatic heterocycles. The molecule has 24 heavy (non-hydrogen) atoms. The average Bonchev–Trinajstić information content (AvgIpc) is 2.97. The Morgan fingerprint density at radius 3 is 1.17 bits per heavy atom. The van der Waals surface area contributed by atoms with Gasteiger partial charge in [-0.1, -0.05) is 0 Å². The third-order valence-corrected chi connectivity index (χ3v) is 4.36. The highest BCUT2D eigenvalue weighted by atomic mass is 16.3. The molecular formula is C16H16N2O6. The van der Waals surface area contributed by atoms with Gasteiger partial charge in [-0.05, 0) is 26.0 Å². The summed E-state index contributed by atoms with van der Waals surface area (Å²) in [6.45, 7) is 2.28. The van der Waals surface area contributed by atoms with Crippen molar-refractivity contribution in [1.29, 1.82) is 0 Å². The minimum atomic E-state index is -0.704. The molecule has 2 N–H and O–H groups in total. The molecule has 126 valence electrons. The topological polar surface area (TPSA) is 119 Å². The van der Waals surface area contributed by atoms with Gasteiger partial charge in [0.1, 0.15) is 0 Å². The predicted molar refractivity (Wildman–Crippen MR) is 88.5 cm³/mol. The second-order valence-electron chi connectivity index (χ2n) is 5.97. The molecule has 3 rings (SSSR count). The highest BCUT2D eigenvalue weighted by molar-refractivity contribution is 5.97. The Bertz CT molecular complexity index is 979. The van der Waals surface area contributed by atoms with E-state index in [1.165, 1.54) is 26.0 Å². The van der Waals surface area contributed by atoms with Crippen LogP contribution < -0.4 is 22.2 Å². The minimum Gasteiger partial charge on any atom is -0.394 e. The Labute approximate surface area is 134 Å². The molecular weight excluding hydrogens is 316 g/mol. The van der Waals surface area contributed by atoms with Crippen molar-refractivity contribution in [2.24, 2.45) is 0 Å². The van der Waals surface area contributed by atoms with Gasteiger partial charge in [0.2, 0.25) is 0 Å². The number of aliphatic hydroxyl groups excluding tert-OH is 2. The van der Waals surface area contributed by atoms with Crippen molar-refractivity contribution in [3.05, 3.63) is 53.5 Å². The van der Waals surface area contributed by atoms with Gasteiger partial charge in [-0.25, -0.2) is 0 Å². The Morgan fingerprint density at radius 2 is 0.958 bits per heavy atom. The average molecular weight is 332 g/mol. The quantitative estimate of drug-likeness (QED) is 0.634. The van der Waals surface area contributed by atoms with Gasteiger partial charge < -0.3 is 10.2 Å². The summed E-state index contributed by atoms with van der Waals surface area (Å²) in [6, 6.07) is 1.09. The molecule has 8 nitrogen and oxygen atoms in total. The number of aliphatic hydroxyl groups is 2. The number of hydrogen-bond donors (Lipinski definition) is 2. The molecule has 2 atom stereocenters. The zero-order chi connectivity index (χ0) is 17.8. The van der Waals surface area contributed by atoms with Crippen molar-refractivity contribution in [3.8, 4) is 0 Å². The van der Waals surface area contributed by atoms with Gasteiger partial charge >= 0.3 is 0 Å².